The van der Waals surface area contributed by atoms with Crippen LogP contribution in [0.5, 0.6) is 10.9 Å². The zero-order valence-corrected chi connectivity index (χ0v) is 10.1. The van der Waals surface area contributed by atoms with Crippen LogP contribution in [-0.2, 0) is 0 Å². The van der Waals surface area contributed by atoms with E-state index in [1.165, 1.54) is 17.4 Å². The highest BCUT2D eigenvalue weighted by atomic mass is 32.1. The summed E-state index contributed by atoms with van der Waals surface area (Å²) in [6.07, 6.45) is 0. The Morgan fingerprint density at radius 1 is 1.35 bits per heavy atom. The monoisotopic (exact) mass is 250 g/mol. The van der Waals surface area contributed by atoms with Crippen molar-refractivity contribution >= 4 is 17.3 Å². The maximum atomic E-state index is 11.0. The van der Waals surface area contributed by atoms with E-state index in [-0.39, 0.29) is 11.3 Å². The van der Waals surface area contributed by atoms with Crippen molar-refractivity contribution in [1.82, 2.24) is 10.2 Å². The molecule has 6 heteroatoms. The average molecular weight is 250 g/mol. The molecular weight excluding hydrogens is 240 g/mol. The highest BCUT2D eigenvalue weighted by molar-refractivity contribution is 7.13. The maximum Gasteiger partial charge on any atom is 0.339 e. The maximum absolute atomic E-state index is 11.0. The lowest BCUT2D eigenvalue weighted by atomic mass is 10.1. The van der Waals surface area contributed by atoms with Crippen LogP contribution in [0.4, 0.5) is 0 Å². The van der Waals surface area contributed by atoms with Gasteiger partial charge in [0.25, 0.3) is 5.19 Å². The molecule has 2 rings (SSSR count). The Morgan fingerprint density at radius 2 is 2.12 bits per heavy atom. The molecule has 0 aliphatic carbocycles. The van der Waals surface area contributed by atoms with Gasteiger partial charge < -0.3 is 9.84 Å². The molecule has 0 saturated carbocycles. The summed E-state index contributed by atoms with van der Waals surface area (Å²) < 4.78 is 5.44. The number of rotatable bonds is 3. The van der Waals surface area contributed by atoms with Crippen molar-refractivity contribution in [2.24, 2.45) is 0 Å². The van der Waals surface area contributed by atoms with Gasteiger partial charge in [-0.2, -0.15) is 0 Å². The van der Waals surface area contributed by atoms with Crippen molar-refractivity contribution in [1.29, 1.82) is 0 Å². The first-order valence-electron chi connectivity index (χ1n) is 4.88. The lowest BCUT2D eigenvalue weighted by molar-refractivity contribution is 0.0694. The number of aromatic nitrogens is 2. The number of nitrogens with zero attached hydrogens (tertiary/aromatic N) is 2. The Bertz CT molecular complexity index is 566. The minimum atomic E-state index is -1.03. The number of carboxylic acid groups (broad SMARTS) is 1. The van der Waals surface area contributed by atoms with E-state index in [1.807, 2.05) is 6.92 Å². The number of aryl methyl sites for hydroxylation is 2. The molecule has 0 atom stereocenters. The van der Waals surface area contributed by atoms with Gasteiger partial charge in [0, 0.05) is 0 Å². The molecule has 88 valence electrons. The first-order valence-corrected chi connectivity index (χ1v) is 5.70. The number of hydrogen-bond acceptors (Lipinski definition) is 5. The number of benzene rings is 1. The van der Waals surface area contributed by atoms with Gasteiger partial charge in [0.15, 0.2) is 0 Å². The molecule has 1 aromatic carbocycles. The Balaban J connectivity index is 2.37. The first-order chi connectivity index (χ1) is 8.06. The highest BCUT2D eigenvalue weighted by Crippen LogP contribution is 2.28. The molecule has 5 nitrogen and oxygen atoms in total. The standard InChI is InChI=1S/C11H10N2O3S/c1-6-3-4-8(10(14)15)9(5-6)16-11-13-12-7(2)17-11/h3-5H,1-2H3,(H,14,15). The highest BCUT2D eigenvalue weighted by Gasteiger charge is 2.13. The fourth-order valence-corrected chi connectivity index (χ4v) is 1.85. The molecule has 0 saturated heterocycles. The van der Waals surface area contributed by atoms with Crippen molar-refractivity contribution in [3.05, 3.63) is 34.3 Å². The minimum absolute atomic E-state index is 0.114. The fraction of sp³-hybridized carbons (Fsp3) is 0.182. The summed E-state index contributed by atoms with van der Waals surface area (Å²) in [7, 11) is 0. The quantitative estimate of drug-likeness (QED) is 0.906. The third-order valence-corrected chi connectivity index (χ3v) is 2.79. The minimum Gasteiger partial charge on any atom is -0.478 e. The topological polar surface area (TPSA) is 72.3 Å². The van der Waals surface area contributed by atoms with Gasteiger partial charge in [-0.3, -0.25) is 0 Å². The summed E-state index contributed by atoms with van der Waals surface area (Å²) in [6, 6.07) is 4.91. The van der Waals surface area contributed by atoms with Crippen LogP contribution < -0.4 is 4.74 Å². The van der Waals surface area contributed by atoms with E-state index in [0.29, 0.717) is 5.19 Å². The Hall–Kier alpha value is -1.95. The number of hydrogen-bond donors (Lipinski definition) is 1. The van der Waals surface area contributed by atoms with Crippen LogP contribution in [0, 0.1) is 13.8 Å². The van der Waals surface area contributed by atoms with Crippen LogP contribution in [0.15, 0.2) is 18.2 Å². The van der Waals surface area contributed by atoms with Crippen molar-refractivity contribution in [2.45, 2.75) is 13.8 Å². The number of aromatic carboxylic acids is 1. The molecule has 0 radical (unpaired) electrons. The summed E-state index contributed by atoms with van der Waals surface area (Å²) in [6.45, 7) is 3.67. The molecule has 0 unspecified atom stereocenters. The SMILES string of the molecule is Cc1ccc(C(=O)O)c(Oc2nnc(C)s2)c1. The molecule has 1 heterocycles. The third-order valence-electron chi connectivity index (χ3n) is 2.07. The molecule has 1 aromatic heterocycles. The van der Waals surface area contributed by atoms with Crippen LogP contribution in [0.3, 0.4) is 0 Å². The van der Waals surface area contributed by atoms with E-state index in [9.17, 15) is 4.79 Å². The Morgan fingerprint density at radius 3 is 2.71 bits per heavy atom. The van der Waals surface area contributed by atoms with Gasteiger partial charge in [-0.15, -0.1) is 5.10 Å². The first kappa shape index (κ1) is 11.5. The molecular formula is C11H10N2O3S. The number of carbonyl (C=O) groups is 1. The summed E-state index contributed by atoms with van der Waals surface area (Å²) in [5, 5.41) is 17.7. The van der Waals surface area contributed by atoms with E-state index >= 15 is 0 Å². The Labute approximate surface area is 102 Å². The summed E-state index contributed by atoms with van der Waals surface area (Å²) in [5.41, 5.74) is 1.04. The second kappa shape index (κ2) is 4.50. The third kappa shape index (κ3) is 2.59. The second-order valence-electron chi connectivity index (χ2n) is 3.49. The Kier molecular flexibility index (Phi) is 3.06. The lowest BCUT2D eigenvalue weighted by Crippen LogP contribution is -2.00. The average Bonchev–Trinajstić information content (AvgIpc) is 2.63. The van der Waals surface area contributed by atoms with E-state index < -0.39 is 5.97 Å². The molecule has 2 aromatic rings. The molecule has 0 aliphatic rings. The van der Waals surface area contributed by atoms with Crippen molar-refractivity contribution < 1.29 is 14.6 Å². The van der Waals surface area contributed by atoms with Crippen molar-refractivity contribution in [3.63, 3.8) is 0 Å². The molecule has 17 heavy (non-hydrogen) atoms. The molecule has 0 aliphatic heterocycles. The zero-order chi connectivity index (χ0) is 12.4. The van der Waals surface area contributed by atoms with Crippen molar-refractivity contribution in [3.8, 4) is 10.9 Å². The van der Waals surface area contributed by atoms with E-state index in [0.717, 1.165) is 10.6 Å². The van der Waals surface area contributed by atoms with E-state index in [1.54, 1.807) is 19.1 Å². The molecule has 0 bridgehead atoms. The normalized spacial score (nSPS) is 10.2. The van der Waals surface area contributed by atoms with Crippen LogP contribution in [0.2, 0.25) is 0 Å². The van der Waals surface area contributed by atoms with E-state index in [4.69, 9.17) is 9.84 Å². The number of ether oxygens (including phenoxy) is 1. The van der Waals surface area contributed by atoms with Crippen LogP contribution in [0.1, 0.15) is 20.9 Å². The lowest BCUT2D eigenvalue weighted by Gasteiger charge is -2.06. The summed E-state index contributed by atoms with van der Waals surface area (Å²) in [4.78, 5) is 11.0. The van der Waals surface area contributed by atoms with Crippen LogP contribution in [0.25, 0.3) is 0 Å². The van der Waals surface area contributed by atoms with Crippen molar-refractivity contribution in [2.75, 3.05) is 0 Å². The van der Waals surface area contributed by atoms with E-state index in [2.05, 4.69) is 10.2 Å². The van der Waals surface area contributed by atoms with Gasteiger partial charge in [0.2, 0.25) is 0 Å². The van der Waals surface area contributed by atoms with Crippen LogP contribution in [-0.4, -0.2) is 21.3 Å². The smallest absolute Gasteiger partial charge is 0.339 e. The predicted molar refractivity (Wildman–Crippen MR) is 62.9 cm³/mol. The van der Waals surface area contributed by atoms with Gasteiger partial charge in [0.1, 0.15) is 16.3 Å². The number of carboxylic acids is 1. The van der Waals surface area contributed by atoms with Gasteiger partial charge in [-0.05, 0) is 31.5 Å². The second-order valence-corrected chi connectivity index (χ2v) is 4.64. The zero-order valence-electron chi connectivity index (χ0n) is 9.30. The molecule has 0 spiro atoms. The largest absolute Gasteiger partial charge is 0.478 e. The summed E-state index contributed by atoms with van der Waals surface area (Å²) >= 11 is 1.27. The van der Waals surface area contributed by atoms with Gasteiger partial charge in [0.05, 0.1) is 0 Å². The summed E-state index contributed by atoms with van der Waals surface area (Å²) in [5.74, 6) is -0.741. The predicted octanol–water partition coefficient (Wildman–Crippen LogP) is 2.65. The van der Waals surface area contributed by atoms with Gasteiger partial charge >= 0.3 is 5.97 Å². The fourth-order valence-electron chi connectivity index (χ4n) is 1.30. The van der Waals surface area contributed by atoms with Gasteiger partial charge in [-0.1, -0.05) is 22.5 Å². The molecule has 1 N–H and O–H groups in total. The molecule has 0 fully saturated rings. The molecule has 0 amide bonds. The van der Waals surface area contributed by atoms with Gasteiger partial charge in [-0.25, -0.2) is 4.79 Å². The van der Waals surface area contributed by atoms with Crippen LogP contribution >= 0.6 is 11.3 Å².